The molecule has 0 unspecified atom stereocenters. The molecule has 2 amide bonds. The number of nitro groups is 1. The summed E-state index contributed by atoms with van der Waals surface area (Å²) >= 11 is 5.63. The molecule has 0 saturated heterocycles. The zero-order valence-corrected chi connectivity index (χ0v) is 15.0. The second-order valence-electron chi connectivity index (χ2n) is 5.28. The Labute approximate surface area is 166 Å². The van der Waals surface area contributed by atoms with E-state index in [1.165, 1.54) is 6.07 Å². The van der Waals surface area contributed by atoms with Crippen LogP contribution < -0.4 is 10.1 Å². The monoisotopic (exact) mass is 428 g/mol. The molecular weight excluding hydrogens is 418 g/mol. The zero-order valence-electron chi connectivity index (χ0n) is 14.3. The molecule has 0 spiro atoms. The van der Waals surface area contributed by atoms with Gasteiger partial charge in [-0.15, -0.1) is 0 Å². The average Bonchev–Trinajstić information content (AvgIpc) is 2.66. The molecule has 2 aromatic carbocycles. The molecule has 2 rings (SSSR count). The Morgan fingerprint density at radius 3 is 2.31 bits per heavy atom. The van der Waals surface area contributed by atoms with Crippen LogP contribution in [0.5, 0.6) is 5.75 Å². The fraction of sp³-hybridized carbons (Fsp3) is 0.118. The lowest BCUT2D eigenvalue weighted by Gasteiger charge is -2.07. The number of halogens is 3. The largest absolute Gasteiger partial charge is 0.452 e. The summed E-state index contributed by atoms with van der Waals surface area (Å²) in [4.78, 5) is 45.6. The van der Waals surface area contributed by atoms with Crippen molar-refractivity contribution in [2.24, 2.45) is 0 Å². The van der Waals surface area contributed by atoms with Crippen LogP contribution in [0, 0.1) is 10.1 Å². The standard InChI is InChI=1S/C17H11ClF2N2O7/c18-12-6-3-10(7-13(12)22(26)27)16(25)28-8-14(23)21-15(24)9-1-4-11(5-2-9)29-17(19)20/h1-7,17H,8H2,(H,21,23,24). The van der Waals surface area contributed by atoms with E-state index in [0.717, 1.165) is 36.4 Å². The van der Waals surface area contributed by atoms with Gasteiger partial charge in [0.15, 0.2) is 6.61 Å². The summed E-state index contributed by atoms with van der Waals surface area (Å²) in [5, 5.41) is 12.6. The van der Waals surface area contributed by atoms with Crippen molar-refractivity contribution in [2.75, 3.05) is 6.61 Å². The lowest BCUT2D eigenvalue weighted by atomic mass is 10.2. The van der Waals surface area contributed by atoms with Crippen molar-refractivity contribution in [1.82, 2.24) is 5.32 Å². The van der Waals surface area contributed by atoms with E-state index in [9.17, 15) is 33.3 Å². The van der Waals surface area contributed by atoms with Gasteiger partial charge in [-0.1, -0.05) is 11.6 Å². The van der Waals surface area contributed by atoms with E-state index in [-0.39, 0.29) is 21.9 Å². The Bertz CT molecular complexity index is 951. The number of nitrogens with zero attached hydrogens (tertiary/aromatic N) is 1. The maximum Gasteiger partial charge on any atom is 0.387 e. The van der Waals surface area contributed by atoms with Gasteiger partial charge in [0.2, 0.25) is 0 Å². The second-order valence-corrected chi connectivity index (χ2v) is 5.69. The van der Waals surface area contributed by atoms with Crippen LogP contribution in [0.2, 0.25) is 5.02 Å². The lowest BCUT2D eigenvalue weighted by molar-refractivity contribution is -0.384. The number of rotatable bonds is 7. The van der Waals surface area contributed by atoms with Gasteiger partial charge in [-0.3, -0.25) is 25.0 Å². The first-order valence-electron chi connectivity index (χ1n) is 7.67. The first-order chi connectivity index (χ1) is 13.7. The highest BCUT2D eigenvalue weighted by Crippen LogP contribution is 2.25. The summed E-state index contributed by atoms with van der Waals surface area (Å²) in [7, 11) is 0. The van der Waals surface area contributed by atoms with E-state index in [1.807, 2.05) is 5.32 Å². The predicted molar refractivity (Wildman–Crippen MR) is 93.9 cm³/mol. The van der Waals surface area contributed by atoms with Gasteiger partial charge < -0.3 is 9.47 Å². The Hall–Kier alpha value is -3.60. The Morgan fingerprint density at radius 1 is 1.10 bits per heavy atom. The van der Waals surface area contributed by atoms with Crippen molar-refractivity contribution < 1.29 is 37.6 Å². The molecule has 0 saturated carbocycles. The molecule has 29 heavy (non-hydrogen) atoms. The van der Waals surface area contributed by atoms with E-state index >= 15 is 0 Å². The van der Waals surface area contributed by atoms with Gasteiger partial charge in [0, 0.05) is 11.6 Å². The molecule has 2 aromatic rings. The van der Waals surface area contributed by atoms with E-state index in [1.54, 1.807) is 0 Å². The van der Waals surface area contributed by atoms with Gasteiger partial charge in [0.05, 0.1) is 10.5 Å². The molecule has 0 bridgehead atoms. The molecule has 0 heterocycles. The highest BCUT2D eigenvalue weighted by Gasteiger charge is 2.19. The minimum absolute atomic E-state index is 0.0281. The number of imide groups is 1. The molecule has 0 aliphatic carbocycles. The Balaban J connectivity index is 1.90. The number of amides is 2. The number of hydrogen-bond acceptors (Lipinski definition) is 7. The molecule has 1 N–H and O–H groups in total. The van der Waals surface area contributed by atoms with Crippen LogP contribution in [-0.2, 0) is 9.53 Å². The zero-order chi connectivity index (χ0) is 21.6. The number of alkyl halides is 2. The van der Waals surface area contributed by atoms with Gasteiger partial charge in [-0.05, 0) is 36.4 Å². The van der Waals surface area contributed by atoms with Crippen LogP contribution in [0.4, 0.5) is 14.5 Å². The quantitative estimate of drug-likeness (QED) is 0.408. The topological polar surface area (TPSA) is 125 Å². The first-order valence-corrected chi connectivity index (χ1v) is 8.05. The van der Waals surface area contributed by atoms with Crippen molar-refractivity contribution in [3.8, 4) is 5.75 Å². The number of hydrogen-bond donors (Lipinski definition) is 1. The molecule has 0 radical (unpaired) electrons. The molecule has 9 nitrogen and oxygen atoms in total. The smallest absolute Gasteiger partial charge is 0.387 e. The molecule has 12 heteroatoms. The van der Waals surface area contributed by atoms with E-state index in [4.69, 9.17) is 16.3 Å². The van der Waals surface area contributed by atoms with Crippen molar-refractivity contribution in [3.63, 3.8) is 0 Å². The van der Waals surface area contributed by atoms with Crippen molar-refractivity contribution in [1.29, 1.82) is 0 Å². The molecule has 0 aliphatic heterocycles. The number of ether oxygens (including phenoxy) is 2. The van der Waals surface area contributed by atoms with E-state index in [0.29, 0.717) is 0 Å². The molecule has 0 aliphatic rings. The minimum Gasteiger partial charge on any atom is -0.452 e. The lowest BCUT2D eigenvalue weighted by Crippen LogP contribution is -2.34. The molecule has 0 fully saturated rings. The molecule has 0 aromatic heterocycles. The summed E-state index contributed by atoms with van der Waals surface area (Å²) in [6.45, 7) is -3.86. The molecular formula is C17H11ClF2N2O7. The summed E-state index contributed by atoms with van der Waals surface area (Å²) in [6.07, 6.45) is 0. The highest BCUT2D eigenvalue weighted by atomic mass is 35.5. The summed E-state index contributed by atoms with van der Waals surface area (Å²) in [5.41, 5.74) is -0.755. The second kappa shape index (κ2) is 9.55. The third-order valence-electron chi connectivity index (χ3n) is 3.31. The summed E-state index contributed by atoms with van der Waals surface area (Å²) in [5.74, 6) is -3.05. The summed E-state index contributed by atoms with van der Waals surface area (Å²) in [6, 6.07) is 7.71. The maximum atomic E-state index is 12.1. The number of nitrogens with one attached hydrogen (secondary N) is 1. The highest BCUT2D eigenvalue weighted by molar-refractivity contribution is 6.32. The number of carbonyl (C=O) groups is 3. The van der Waals surface area contributed by atoms with Gasteiger partial charge in [-0.2, -0.15) is 8.78 Å². The van der Waals surface area contributed by atoms with Crippen LogP contribution in [0.15, 0.2) is 42.5 Å². The minimum atomic E-state index is -3.02. The fourth-order valence-corrected chi connectivity index (χ4v) is 2.20. The van der Waals surface area contributed by atoms with Crippen LogP contribution in [0.25, 0.3) is 0 Å². The van der Waals surface area contributed by atoms with E-state index in [2.05, 4.69) is 4.74 Å². The average molecular weight is 429 g/mol. The third-order valence-corrected chi connectivity index (χ3v) is 3.63. The number of esters is 1. The van der Waals surface area contributed by atoms with Gasteiger partial charge >= 0.3 is 12.6 Å². The SMILES string of the molecule is O=C(COC(=O)c1ccc(Cl)c([N+](=O)[O-])c1)NC(=O)c1ccc(OC(F)F)cc1. The molecule has 0 atom stereocenters. The number of nitro benzene ring substituents is 1. The van der Waals surface area contributed by atoms with Crippen molar-refractivity contribution in [3.05, 3.63) is 68.7 Å². The maximum absolute atomic E-state index is 12.1. The van der Waals surface area contributed by atoms with Crippen LogP contribution in [0.1, 0.15) is 20.7 Å². The van der Waals surface area contributed by atoms with Crippen LogP contribution >= 0.6 is 11.6 Å². The van der Waals surface area contributed by atoms with Crippen LogP contribution in [0.3, 0.4) is 0 Å². The Morgan fingerprint density at radius 2 is 1.72 bits per heavy atom. The summed E-state index contributed by atoms with van der Waals surface area (Å²) < 4.78 is 33.0. The third kappa shape index (κ3) is 6.21. The predicted octanol–water partition coefficient (Wildman–Crippen LogP) is 2.96. The van der Waals surface area contributed by atoms with E-state index < -0.39 is 41.6 Å². The van der Waals surface area contributed by atoms with Gasteiger partial charge in [0.1, 0.15) is 10.8 Å². The molecule has 152 valence electrons. The first kappa shape index (κ1) is 21.7. The number of benzene rings is 2. The Kier molecular flexibility index (Phi) is 7.15. The number of carbonyl (C=O) groups excluding carboxylic acids is 3. The normalized spacial score (nSPS) is 10.3. The fourth-order valence-electron chi connectivity index (χ4n) is 2.02. The van der Waals surface area contributed by atoms with Gasteiger partial charge in [0.25, 0.3) is 17.5 Å². The van der Waals surface area contributed by atoms with Gasteiger partial charge in [-0.25, -0.2) is 4.79 Å². The van der Waals surface area contributed by atoms with Crippen LogP contribution in [-0.4, -0.2) is 35.9 Å². The van der Waals surface area contributed by atoms with Crippen molar-refractivity contribution >= 4 is 35.1 Å². The van der Waals surface area contributed by atoms with Crippen molar-refractivity contribution in [2.45, 2.75) is 6.61 Å².